The maximum Gasteiger partial charge on any atom is 0.259 e. The molecule has 0 unspecified atom stereocenters. The normalized spacial score (nSPS) is 13.2. The SMILES string of the molecule is CC(C)Cn1cnc(S(=O)(=O)NCC(C)(C)N)c1. The summed E-state index contributed by atoms with van der Waals surface area (Å²) in [6, 6.07) is 0. The van der Waals surface area contributed by atoms with Crippen molar-refractivity contribution in [3.8, 4) is 0 Å². The lowest BCUT2D eigenvalue weighted by atomic mass is 10.1. The molecular weight excluding hydrogens is 252 g/mol. The van der Waals surface area contributed by atoms with E-state index in [1.807, 2.05) is 0 Å². The van der Waals surface area contributed by atoms with Crippen LogP contribution < -0.4 is 10.5 Å². The number of sulfonamides is 1. The zero-order valence-electron chi connectivity index (χ0n) is 11.3. The van der Waals surface area contributed by atoms with Crippen LogP contribution in [0.3, 0.4) is 0 Å². The first-order valence-corrected chi connectivity index (χ1v) is 7.39. The summed E-state index contributed by atoms with van der Waals surface area (Å²) in [5, 5.41) is 0.0346. The quantitative estimate of drug-likeness (QED) is 0.793. The number of nitrogens with two attached hydrogens (primary N) is 1. The third kappa shape index (κ3) is 4.75. The summed E-state index contributed by atoms with van der Waals surface area (Å²) in [5.74, 6) is 0.436. The second-order valence-corrected chi connectivity index (χ2v) is 7.33. The zero-order chi connectivity index (χ0) is 14.0. The standard InChI is InChI=1S/C11H22N4O2S/c1-9(2)5-15-6-10(13-8-15)18(16,17)14-7-11(3,4)12/h6,8-9,14H,5,7,12H2,1-4H3. The van der Waals surface area contributed by atoms with Crippen LogP contribution in [0.1, 0.15) is 27.7 Å². The molecule has 0 bridgehead atoms. The summed E-state index contributed by atoms with van der Waals surface area (Å²) in [4.78, 5) is 3.91. The molecule has 1 rings (SSSR count). The van der Waals surface area contributed by atoms with E-state index in [2.05, 4.69) is 23.6 Å². The van der Waals surface area contributed by atoms with Gasteiger partial charge in [0.15, 0.2) is 5.03 Å². The van der Waals surface area contributed by atoms with Crippen molar-refractivity contribution in [3.05, 3.63) is 12.5 Å². The molecule has 0 saturated carbocycles. The van der Waals surface area contributed by atoms with E-state index < -0.39 is 15.6 Å². The number of aromatic nitrogens is 2. The third-order valence-corrected chi connectivity index (χ3v) is 3.46. The fourth-order valence-electron chi connectivity index (χ4n) is 1.35. The molecular formula is C11H22N4O2S. The molecule has 0 atom stereocenters. The van der Waals surface area contributed by atoms with Gasteiger partial charge in [0.05, 0.1) is 6.33 Å². The number of imidazole rings is 1. The van der Waals surface area contributed by atoms with Crippen LogP contribution in [0, 0.1) is 5.92 Å². The van der Waals surface area contributed by atoms with Gasteiger partial charge in [-0.2, -0.15) is 0 Å². The predicted octanol–water partition coefficient (Wildman–Crippen LogP) is 0.555. The van der Waals surface area contributed by atoms with Crippen molar-refractivity contribution in [1.82, 2.24) is 14.3 Å². The first kappa shape index (κ1) is 15.1. The Kier molecular flexibility index (Phi) is 4.52. The van der Waals surface area contributed by atoms with Crippen molar-refractivity contribution in [2.45, 2.75) is 44.8 Å². The Morgan fingerprint density at radius 3 is 2.61 bits per heavy atom. The maximum atomic E-state index is 11.9. The highest BCUT2D eigenvalue weighted by Gasteiger charge is 2.20. The van der Waals surface area contributed by atoms with Crippen molar-refractivity contribution in [2.75, 3.05) is 6.54 Å². The van der Waals surface area contributed by atoms with Crippen LogP contribution in [-0.4, -0.2) is 30.1 Å². The minimum absolute atomic E-state index is 0.0346. The van der Waals surface area contributed by atoms with Gasteiger partial charge in [0.2, 0.25) is 0 Å². The molecule has 1 heterocycles. The van der Waals surface area contributed by atoms with Gasteiger partial charge in [-0.1, -0.05) is 13.8 Å². The maximum absolute atomic E-state index is 11.9. The Morgan fingerprint density at radius 2 is 2.11 bits per heavy atom. The van der Waals surface area contributed by atoms with Crippen LogP contribution in [0.2, 0.25) is 0 Å². The number of rotatable bonds is 6. The molecule has 0 aliphatic heterocycles. The van der Waals surface area contributed by atoms with E-state index in [1.54, 1.807) is 18.4 Å². The molecule has 6 nitrogen and oxygen atoms in total. The Bertz CT molecular complexity index is 485. The van der Waals surface area contributed by atoms with Crippen LogP contribution in [-0.2, 0) is 16.6 Å². The van der Waals surface area contributed by atoms with Gasteiger partial charge in [0, 0.05) is 24.8 Å². The van der Waals surface area contributed by atoms with E-state index in [9.17, 15) is 8.42 Å². The number of hydrogen-bond acceptors (Lipinski definition) is 4. The monoisotopic (exact) mass is 274 g/mol. The van der Waals surface area contributed by atoms with Crippen molar-refractivity contribution in [3.63, 3.8) is 0 Å². The molecule has 0 fully saturated rings. The largest absolute Gasteiger partial charge is 0.336 e. The van der Waals surface area contributed by atoms with E-state index in [0.29, 0.717) is 5.92 Å². The summed E-state index contributed by atoms with van der Waals surface area (Å²) in [7, 11) is -3.57. The molecule has 0 aliphatic rings. The molecule has 18 heavy (non-hydrogen) atoms. The van der Waals surface area contributed by atoms with Gasteiger partial charge in [-0.15, -0.1) is 0 Å². The lowest BCUT2D eigenvalue weighted by Gasteiger charge is -2.18. The summed E-state index contributed by atoms with van der Waals surface area (Å²) in [5.41, 5.74) is 5.15. The molecule has 1 aromatic heterocycles. The molecule has 3 N–H and O–H groups in total. The van der Waals surface area contributed by atoms with Gasteiger partial charge in [0.25, 0.3) is 10.0 Å². The van der Waals surface area contributed by atoms with Crippen molar-refractivity contribution in [1.29, 1.82) is 0 Å². The highest BCUT2D eigenvalue weighted by molar-refractivity contribution is 7.89. The number of nitrogens with one attached hydrogen (secondary N) is 1. The minimum Gasteiger partial charge on any atom is -0.336 e. The smallest absolute Gasteiger partial charge is 0.259 e. The molecule has 0 saturated heterocycles. The fraction of sp³-hybridized carbons (Fsp3) is 0.727. The van der Waals surface area contributed by atoms with E-state index in [-0.39, 0.29) is 11.6 Å². The van der Waals surface area contributed by atoms with E-state index in [4.69, 9.17) is 5.73 Å². The van der Waals surface area contributed by atoms with Gasteiger partial charge < -0.3 is 10.3 Å². The van der Waals surface area contributed by atoms with Crippen LogP contribution in [0.5, 0.6) is 0 Å². The van der Waals surface area contributed by atoms with Crippen molar-refractivity contribution >= 4 is 10.0 Å². The average Bonchev–Trinajstić information content (AvgIpc) is 2.62. The first-order valence-electron chi connectivity index (χ1n) is 5.90. The van der Waals surface area contributed by atoms with Gasteiger partial charge >= 0.3 is 0 Å². The summed E-state index contributed by atoms with van der Waals surface area (Å²) >= 11 is 0. The topological polar surface area (TPSA) is 90.0 Å². The average molecular weight is 274 g/mol. The second kappa shape index (κ2) is 5.38. The van der Waals surface area contributed by atoms with Crippen LogP contribution in [0.15, 0.2) is 17.6 Å². The highest BCUT2D eigenvalue weighted by atomic mass is 32.2. The third-order valence-electron chi connectivity index (χ3n) is 2.18. The summed E-state index contributed by atoms with van der Waals surface area (Å²) in [6.07, 6.45) is 3.06. The Morgan fingerprint density at radius 1 is 1.50 bits per heavy atom. The molecule has 0 radical (unpaired) electrons. The van der Waals surface area contributed by atoms with Gasteiger partial charge in [0.1, 0.15) is 0 Å². The molecule has 0 aliphatic carbocycles. The summed E-state index contributed by atoms with van der Waals surface area (Å²) in [6.45, 7) is 8.55. The number of hydrogen-bond donors (Lipinski definition) is 2. The molecule has 1 aromatic rings. The van der Waals surface area contributed by atoms with E-state index in [1.165, 1.54) is 12.5 Å². The Labute approximate surface area is 109 Å². The highest BCUT2D eigenvalue weighted by Crippen LogP contribution is 2.08. The first-order chi connectivity index (χ1) is 8.10. The van der Waals surface area contributed by atoms with Crippen molar-refractivity contribution in [2.24, 2.45) is 11.7 Å². The predicted molar refractivity (Wildman–Crippen MR) is 70.5 cm³/mol. The molecule has 7 heteroatoms. The van der Waals surface area contributed by atoms with Crippen LogP contribution >= 0.6 is 0 Å². The van der Waals surface area contributed by atoms with E-state index in [0.717, 1.165) is 6.54 Å². The zero-order valence-corrected chi connectivity index (χ0v) is 12.2. The van der Waals surface area contributed by atoms with Crippen LogP contribution in [0.25, 0.3) is 0 Å². The second-order valence-electron chi connectivity index (χ2n) is 5.62. The molecule has 0 amide bonds. The molecule has 0 aromatic carbocycles. The van der Waals surface area contributed by atoms with Crippen molar-refractivity contribution < 1.29 is 8.42 Å². The van der Waals surface area contributed by atoms with E-state index >= 15 is 0 Å². The van der Waals surface area contributed by atoms with Gasteiger partial charge in [-0.05, 0) is 19.8 Å². The summed E-state index contributed by atoms with van der Waals surface area (Å²) < 4.78 is 28.1. The Hall–Kier alpha value is -0.920. The molecule has 0 spiro atoms. The van der Waals surface area contributed by atoms with Gasteiger partial charge in [-0.3, -0.25) is 0 Å². The fourth-order valence-corrected chi connectivity index (χ4v) is 2.52. The lowest BCUT2D eigenvalue weighted by molar-refractivity contribution is 0.496. The number of nitrogens with zero attached hydrogens (tertiary/aromatic N) is 2. The minimum atomic E-state index is -3.57. The van der Waals surface area contributed by atoms with Gasteiger partial charge in [-0.25, -0.2) is 18.1 Å². The lowest BCUT2D eigenvalue weighted by Crippen LogP contribution is -2.45. The Balaban J connectivity index is 2.76. The molecule has 104 valence electrons. The van der Waals surface area contributed by atoms with Crippen LogP contribution in [0.4, 0.5) is 0 Å².